The van der Waals surface area contributed by atoms with Gasteiger partial charge in [0, 0.05) is 24.7 Å². The predicted octanol–water partition coefficient (Wildman–Crippen LogP) is 1.42. The van der Waals surface area contributed by atoms with Crippen molar-refractivity contribution >= 4 is 0 Å². The molecular formula is C13H28N2O. The zero-order valence-electron chi connectivity index (χ0n) is 11.5. The van der Waals surface area contributed by atoms with Gasteiger partial charge in [-0.25, -0.2) is 0 Å². The maximum absolute atomic E-state index is 9.36. The number of rotatable bonds is 4. The van der Waals surface area contributed by atoms with Crippen LogP contribution in [0.2, 0.25) is 0 Å². The molecule has 3 nitrogen and oxygen atoms in total. The average Bonchev–Trinajstić information content (AvgIpc) is 2.15. The second-order valence-corrected chi connectivity index (χ2v) is 6.19. The Balaban J connectivity index is 2.59. The fraction of sp³-hybridized carbons (Fsp3) is 1.00. The topological polar surface area (TPSA) is 26.7 Å². The van der Waals surface area contributed by atoms with E-state index in [9.17, 15) is 5.11 Å². The number of aliphatic hydroxyl groups is 1. The molecule has 0 bridgehead atoms. The van der Waals surface area contributed by atoms with Gasteiger partial charge in [0.25, 0.3) is 0 Å². The first-order valence-electron chi connectivity index (χ1n) is 6.43. The molecule has 1 saturated heterocycles. The summed E-state index contributed by atoms with van der Waals surface area (Å²) in [5.74, 6) is 0.753. The first-order chi connectivity index (χ1) is 7.36. The molecule has 96 valence electrons. The van der Waals surface area contributed by atoms with Gasteiger partial charge >= 0.3 is 0 Å². The van der Waals surface area contributed by atoms with E-state index in [2.05, 4.69) is 44.5 Å². The minimum Gasteiger partial charge on any atom is -0.395 e. The third-order valence-corrected chi connectivity index (χ3v) is 3.73. The summed E-state index contributed by atoms with van der Waals surface area (Å²) >= 11 is 0. The lowest BCUT2D eigenvalue weighted by Gasteiger charge is -2.50. The van der Waals surface area contributed by atoms with Gasteiger partial charge in [-0.05, 0) is 39.8 Å². The van der Waals surface area contributed by atoms with Crippen LogP contribution in [-0.2, 0) is 0 Å². The van der Waals surface area contributed by atoms with Gasteiger partial charge < -0.3 is 5.11 Å². The highest BCUT2D eigenvalue weighted by Gasteiger charge is 2.36. The first-order valence-corrected chi connectivity index (χ1v) is 6.43. The molecular weight excluding hydrogens is 200 g/mol. The maximum Gasteiger partial charge on any atom is 0.0599 e. The fourth-order valence-corrected chi connectivity index (χ4v) is 2.49. The molecule has 0 spiro atoms. The van der Waals surface area contributed by atoms with Gasteiger partial charge in [0.15, 0.2) is 0 Å². The van der Waals surface area contributed by atoms with Crippen molar-refractivity contribution in [2.75, 3.05) is 33.3 Å². The van der Waals surface area contributed by atoms with Gasteiger partial charge in [-0.2, -0.15) is 0 Å². The van der Waals surface area contributed by atoms with Crippen molar-refractivity contribution in [1.82, 2.24) is 9.80 Å². The van der Waals surface area contributed by atoms with E-state index >= 15 is 0 Å². The van der Waals surface area contributed by atoms with Crippen LogP contribution in [0.1, 0.15) is 34.1 Å². The number of nitrogens with zero attached hydrogens (tertiary/aromatic N) is 2. The molecule has 1 rings (SSSR count). The summed E-state index contributed by atoms with van der Waals surface area (Å²) in [5, 5.41) is 9.36. The zero-order valence-corrected chi connectivity index (χ0v) is 11.5. The summed E-state index contributed by atoms with van der Waals surface area (Å²) in [7, 11) is 2.11. The quantitative estimate of drug-likeness (QED) is 0.788. The Morgan fingerprint density at radius 2 is 2.00 bits per heavy atom. The fourth-order valence-electron chi connectivity index (χ4n) is 2.49. The van der Waals surface area contributed by atoms with E-state index in [0.29, 0.717) is 6.04 Å². The van der Waals surface area contributed by atoms with Crippen molar-refractivity contribution in [3.63, 3.8) is 0 Å². The van der Waals surface area contributed by atoms with Crippen LogP contribution in [0.5, 0.6) is 0 Å². The lowest BCUT2D eigenvalue weighted by molar-refractivity contribution is -0.0239. The molecule has 0 aliphatic carbocycles. The summed E-state index contributed by atoms with van der Waals surface area (Å²) in [6.07, 6.45) is 1.24. The standard InChI is InChI=1S/C13H28N2O/c1-11(2)6-7-15-8-12(9-16)14(5)10-13(15,3)4/h11-12,16H,6-10H2,1-5H3. The lowest BCUT2D eigenvalue weighted by atomic mass is 9.95. The van der Waals surface area contributed by atoms with E-state index in [1.807, 2.05) is 0 Å². The maximum atomic E-state index is 9.36. The van der Waals surface area contributed by atoms with Crippen molar-refractivity contribution in [3.8, 4) is 0 Å². The molecule has 3 heteroatoms. The summed E-state index contributed by atoms with van der Waals surface area (Å²) in [6.45, 7) is 12.6. The van der Waals surface area contributed by atoms with Gasteiger partial charge in [0.2, 0.25) is 0 Å². The highest BCUT2D eigenvalue weighted by Crippen LogP contribution is 2.24. The molecule has 0 radical (unpaired) electrons. The molecule has 1 aliphatic rings. The number of piperazine rings is 1. The summed E-state index contributed by atoms with van der Waals surface area (Å²) in [5.41, 5.74) is 0.231. The third-order valence-electron chi connectivity index (χ3n) is 3.73. The van der Waals surface area contributed by atoms with Crippen LogP contribution in [0, 0.1) is 5.92 Å². The van der Waals surface area contributed by atoms with E-state index in [0.717, 1.165) is 25.6 Å². The second-order valence-electron chi connectivity index (χ2n) is 6.19. The molecule has 0 aromatic rings. The minimum atomic E-state index is 0.231. The first kappa shape index (κ1) is 13.9. The Morgan fingerprint density at radius 3 is 2.50 bits per heavy atom. The number of hydrogen-bond donors (Lipinski definition) is 1. The highest BCUT2D eigenvalue weighted by atomic mass is 16.3. The van der Waals surface area contributed by atoms with Gasteiger partial charge in [0.05, 0.1) is 6.61 Å². The Labute approximate surface area is 100 Å². The lowest BCUT2D eigenvalue weighted by Crippen LogP contribution is -2.63. The summed E-state index contributed by atoms with van der Waals surface area (Å²) in [6, 6.07) is 0.306. The smallest absolute Gasteiger partial charge is 0.0599 e. The predicted molar refractivity (Wildman–Crippen MR) is 68.6 cm³/mol. The molecule has 1 aliphatic heterocycles. The van der Waals surface area contributed by atoms with Gasteiger partial charge in [0.1, 0.15) is 0 Å². The average molecular weight is 228 g/mol. The minimum absolute atomic E-state index is 0.231. The van der Waals surface area contributed by atoms with Gasteiger partial charge in [-0.15, -0.1) is 0 Å². The molecule has 1 unspecified atom stereocenters. The molecule has 0 saturated carbocycles. The largest absolute Gasteiger partial charge is 0.395 e. The normalized spacial score (nSPS) is 27.6. The van der Waals surface area contributed by atoms with Crippen molar-refractivity contribution in [2.24, 2.45) is 5.92 Å². The third kappa shape index (κ3) is 3.44. The molecule has 0 aromatic carbocycles. The summed E-state index contributed by atoms with van der Waals surface area (Å²) in [4.78, 5) is 4.82. The van der Waals surface area contributed by atoms with Crippen LogP contribution in [0.3, 0.4) is 0 Å². The Morgan fingerprint density at radius 1 is 1.38 bits per heavy atom. The molecule has 1 heterocycles. The van der Waals surface area contributed by atoms with Crippen LogP contribution in [0.25, 0.3) is 0 Å². The monoisotopic (exact) mass is 228 g/mol. The van der Waals surface area contributed by atoms with E-state index in [4.69, 9.17) is 0 Å². The highest BCUT2D eigenvalue weighted by molar-refractivity contribution is 4.93. The van der Waals surface area contributed by atoms with Crippen LogP contribution in [0.4, 0.5) is 0 Å². The number of likely N-dealkylation sites (N-methyl/N-ethyl adjacent to an activating group) is 1. The Bertz CT molecular complexity index is 216. The van der Waals surface area contributed by atoms with Crippen LogP contribution in [0.15, 0.2) is 0 Å². The van der Waals surface area contributed by atoms with E-state index in [1.54, 1.807) is 0 Å². The number of aliphatic hydroxyl groups excluding tert-OH is 1. The van der Waals surface area contributed by atoms with Crippen LogP contribution < -0.4 is 0 Å². The van der Waals surface area contributed by atoms with Crippen molar-refractivity contribution in [2.45, 2.75) is 45.7 Å². The summed E-state index contributed by atoms with van der Waals surface area (Å²) < 4.78 is 0. The van der Waals surface area contributed by atoms with Gasteiger partial charge in [-0.1, -0.05) is 13.8 Å². The Kier molecular flexibility index (Phi) is 4.77. The van der Waals surface area contributed by atoms with Gasteiger partial charge in [-0.3, -0.25) is 9.80 Å². The SMILES string of the molecule is CC(C)CCN1CC(CO)N(C)CC1(C)C. The Hall–Kier alpha value is -0.120. The molecule has 0 aromatic heterocycles. The van der Waals surface area contributed by atoms with Crippen molar-refractivity contribution in [3.05, 3.63) is 0 Å². The molecule has 16 heavy (non-hydrogen) atoms. The zero-order chi connectivity index (χ0) is 12.3. The van der Waals surface area contributed by atoms with E-state index in [1.165, 1.54) is 6.42 Å². The van der Waals surface area contributed by atoms with Crippen molar-refractivity contribution < 1.29 is 5.11 Å². The molecule has 1 N–H and O–H groups in total. The number of hydrogen-bond acceptors (Lipinski definition) is 3. The van der Waals surface area contributed by atoms with E-state index in [-0.39, 0.29) is 12.1 Å². The van der Waals surface area contributed by atoms with Crippen LogP contribution in [-0.4, -0.2) is 59.8 Å². The van der Waals surface area contributed by atoms with E-state index < -0.39 is 0 Å². The molecule has 1 atom stereocenters. The second kappa shape index (κ2) is 5.48. The molecule has 0 amide bonds. The molecule has 1 fully saturated rings. The van der Waals surface area contributed by atoms with Crippen LogP contribution >= 0.6 is 0 Å². The van der Waals surface area contributed by atoms with Crippen molar-refractivity contribution in [1.29, 1.82) is 0 Å².